The summed E-state index contributed by atoms with van der Waals surface area (Å²) in [7, 11) is 0. The Kier molecular flexibility index (Phi) is 5.22. The molecule has 2 rings (SSSR count). The molecule has 5 nitrogen and oxygen atoms in total. The van der Waals surface area contributed by atoms with E-state index in [1.165, 1.54) is 6.20 Å². The highest BCUT2D eigenvalue weighted by Crippen LogP contribution is 2.25. The summed E-state index contributed by atoms with van der Waals surface area (Å²) in [4.78, 5) is 15.8. The topological polar surface area (TPSA) is 63.2 Å². The van der Waals surface area contributed by atoms with Crippen molar-refractivity contribution in [2.24, 2.45) is 0 Å². The molecule has 22 heavy (non-hydrogen) atoms. The molecule has 0 aliphatic heterocycles. The number of ether oxygens (including phenoxy) is 1. The van der Waals surface area contributed by atoms with Crippen LogP contribution in [-0.2, 0) is 0 Å². The molecule has 0 spiro atoms. The van der Waals surface area contributed by atoms with Crippen molar-refractivity contribution in [2.45, 2.75) is 20.8 Å². The number of rotatable bonds is 4. The maximum Gasteiger partial charge on any atom is 0.323 e. The number of halogens is 1. The van der Waals surface area contributed by atoms with Crippen LogP contribution in [0, 0.1) is 20.8 Å². The Morgan fingerprint density at radius 2 is 1.95 bits per heavy atom. The van der Waals surface area contributed by atoms with Crippen LogP contribution >= 0.6 is 11.6 Å². The number of urea groups is 1. The molecule has 2 amide bonds. The first kappa shape index (κ1) is 16.1. The minimum absolute atomic E-state index is 0.0670. The molecule has 0 bridgehead atoms. The summed E-state index contributed by atoms with van der Waals surface area (Å²) < 4.78 is 5.66. The molecular formula is C16H18ClN3O2. The van der Waals surface area contributed by atoms with Gasteiger partial charge in [0.15, 0.2) is 6.73 Å². The summed E-state index contributed by atoms with van der Waals surface area (Å²) in [5, 5.41) is 5.71. The zero-order valence-corrected chi connectivity index (χ0v) is 13.5. The Morgan fingerprint density at radius 1 is 1.23 bits per heavy atom. The lowest BCUT2D eigenvalue weighted by atomic mass is 10.1. The van der Waals surface area contributed by atoms with Gasteiger partial charge in [0.05, 0.1) is 0 Å². The van der Waals surface area contributed by atoms with E-state index in [1.807, 2.05) is 32.9 Å². The van der Waals surface area contributed by atoms with E-state index >= 15 is 0 Å². The van der Waals surface area contributed by atoms with Gasteiger partial charge in [-0.25, -0.2) is 9.78 Å². The standard InChI is InChI=1S/C16H18ClN3O2/c1-10-4-5-11(2)15(12(10)3)22-9-19-16(21)20-14-8-13(17)6-7-18-14/h4-8H,9H2,1-3H3,(H2,18,19,20,21). The van der Waals surface area contributed by atoms with Crippen LogP contribution in [0.15, 0.2) is 30.5 Å². The number of aryl methyl sites for hydroxylation is 2. The van der Waals surface area contributed by atoms with Crippen LogP contribution < -0.4 is 15.4 Å². The lowest BCUT2D eigenvalue weighted by Gasteiger charge is -2.14. The molecular weight excluding hydrogens is 302 g/mol. The second-order valence-corrected chi connectivity index (χ2v) is 5.37. The number of benzene rings is 1. The molecule has 1 aromatic heterocycles. The molecule has 0 unspecified atom stereocenters. The summed E-state index contributed by atoms with van der Waals surface area (Å²) in [6, 6.07) is 6.84. The zero-order chi connectivity index (χ0) is 16.1. The van der Waals surface area contributed by atoms with Gasteiger partial charge >= 0.3 is 6.03 Å². The fraction of sp³-hybridized carbons (Fsp3) is 0.250. The van der Waals surface area contributed by atoms with Crippen LogP contribution in [0.25, 0.3) is 0 Å². The van der Waals surface area contributed by atoms with Gasteiger partial charge in [-0.3, -0.25) is 5.32 Å². The summed E-state index contributed by atoms with van der Waals surface area (Å²) in [6.45, 7) is 6.05. The molecule has 0 aliphatic carbocycles. The van der Waals surface area contributed by atoms with Gasteiger partial charge in [-0.05, 0) is 49.6 Å². The van der Waals surface area contributed by atoms with Crippen LogP contribution in [0.4, 0.5) is 10.6 Å². The van der Waals surface area contributed by atoms with Crippen molar-refractivity contribution in [3.63, 3.8) is 0 Å². The van der Waals surface area contributed by atoms with Crippen molar-refractivity contribution in [2.75, 3.05) is 12.0 Å². The van der Waals surface area contributed by atoms with Crippen LogP contribution in [0.5, 0.6) is 5.75 Å². The maximum absolute atomic E-state index is 11.8. The molecule has 0 radical (unpaired) electrons. The van der Waals surface area contributed by atoms with Crippen molar-refractivity contribution >= 4 is 23.4 Å². The lowest BCUT2D eigenvalue weighted by Crippen LogP contribution is -2.32. The summed E-state index contributed by atoms with van der Waals surface area (Å²) >= 11 is 5.83. The number of hydrogen-bond donors (Lipinski definition) is 2. The molecule has 0 aliphatic rings. The Bertz CT molecular complexity index is 689. The Morgan fingerprint density at radius 3 is 2.68 bits per heavy atom. The second kappa shape index (κ2) is 7.13. The van der Waals surface area contributed by atoms with Gasteiger partial charge in [0, 0.05) is 11.2 Å². The number of amides is 2. The van der Waals surface area contributed by atoms with Gasteiger partial charge in [0.2, 0.25) is 0 Å². The zero-order valence-electron chi connectivity index (χ0n) is 12.7. The van der Waals surface area contributed by atoms with E-state index in [0.717, 1.165) is 22.4 Å². The Balaban J connectivity index is 1.89. The average molecular weight is 320 g/mol. The third kappa shape index (κ3) is 4.11. The normalized spacial score (nSPS) is 10.2. The highest BCUT2D eigenvalue weighted by atomic mass is 35.5. The number of anilines is 1. The van der Waals surface area contributed by atoms with Crippen molar-refractivity contribution in [3.8, 4) is 5.75 Å². The predicted octanol–water partition coefficient (Wildman–Crippen LogP) is 3.82. The van der Waals surface area contributed by atoms with Gasteiger partial charge in [-0.1, -0.05) is 23.7 Å². The Labute approximate surface area is 134 Å². The highest BCUT2D eigenvalue weighted by molar-refractivity contribution is 6.30. The highest BCUT2D eigenvalue weighted by Gasteiger charge is 2.07. The minimum Gasteiger partial charge on any atom is -0.473 e. The summed E-state index contributed by atoms with van der Waals surface area (Å²) in [6.07, 6.45) is 1.52. The van der Waals surface area contributed by atoms with Crippen LogP contribution in [0.3, 0.4) is 0 Å². The smallest absolute Gasteiger partial charge is 0.323 e. The third-order valence-corrected chi connectivity index (χ3v) is 3.52. The number of nitrogens with one attached hydrogen (secondary N) is 2. The molecule has 2 N–H and O–H groups in total. The second-order valence-electron chi connectivity index (χ2n) is 4.93. The monoisotopic (exact) mass is 319 g/mol. The van der Waals surface area contributed by atoms with E-state index in [0.29, 0.717) is 10.8 Å². The number of nitrogens with zero attached hydrogens (tertiary/aromatic N) is 1. The van der Waals surface area contributed by atoms with Gasteiger partial charge < -0.3 is 10.1 Å². The molecule has 0 saturated heterocycles. The quantitative estimate of drug-likeness (QED) is 0.842. The largest absolute Gasteiger partial charge is 0.473 e. The van der Waals surface area contributed by atoms with E-state index in [4.69, 9.17) is 16.3 Å². The molecule has 2 aromatic rings. The summed E-state index contributed by atoms with van der Waals surface area (Å²) in [5.74, 6) is 1.18. The molecule has 6 heteroatoms. The van der Waals surface area contributed by atoms with Crippen molar-refractivity contribution in [1.82, 2.24) is 10.3 Å². The van der Waals surface area contributed by atoms with Crippen molar-refractivity contribution in [1.29, 1.82) is 0 Å². The number of pyridine rings is 1. The predicted molar refractivity (Wildman–Crippen MR) is 87.5 cm³/mol. The number of carbonyl (C=O) groups excluding carboxylic acids is 1. The first-order valence-electron chi connectivity index (χ1n) is 6.83. The van der Waals surface area contributed by atoms with Crippen molar-refractivity contribution in [3.05, 3.63) is 52.2 Å². The van der Waals surface area contributed by atoms with E-state index in [1.54, 1.807) is 12.1 Å². The number of aromatic nitrogens is 1. The SMILES string of the molecule is Cc1ccc(C)c(OCNC(=O)Nc2cc(Cl)ccn2)c1C. The molecule has 1 heterocycles. The molecule has 0 fully saturated rings. The van der Waals surface area contributed by atoms with E-state index in [-0.39, 0.29) is 6.73 Å². The van der Waals surface area contributed by atoms with Crippen LogP contribution in [0.2, 0.25) is 5.02 Å². The first-order chi connectivity index (χ1) is 10.5. The fourth-order valence-corrected chi connectivity index (χ4v) is 2.11. The van der Waals surface area contributed by atoms with Crippen LogP contribution in [-0.4, -0.2) is 17.7 Å². The average Bonchev–Trinajstić information content (AvgIpc) is 2.47. The van der Waals surface area contributed by atoms with Gasteiger partial charge in [0.25, 0.3) is 0 Å². The third-order valence-electron chi connectivity index (χ3n) is 3.29. The minimum atomic E-state index is -0.405. The van der Waals surface area contributed by atoms with Crippen LogP contribution in [0.1, 0.15) is 16.7 Å². The van der Waals surface area contributed by atoms with Gasteiger partial charge in [-0.2, -0.15) is 0 Å². The van der Waals surface area contributed by atoms with E-state index in [9.17, 15) is 4.79 Å². The first-order valence-corrected chi connectivity index (χ1v) is 7.21. The molecule has 0 saturated carbocycles. The van der Waals surface area contributed by atoms with Gasteiger partial charge in [-0.15, -0.1) is 0 Å². The lowest BCUT2D eigenvalue weighted by molar-refractivity contribution is 0.234. The van der Waals surface area contributed by atoms with Gasteiger partial charge in [0.1, 0.15) is 11.6 Å². The number of carbonyl (C=O) groups is 1. The molecule has 116 valence electrons. The maximum atomic E-state index is 11.8. The molecule has 1 aromatic carbocycles. The van der Waals surface area contributed by atoms with Crippen molar-refractivity contribution < 1.29 is 9.53 Å². The van der Waals surface area contributed by atoms with E-state index < -0.39 is 6.03 Å². The Hall–Kier alpha value is -2.27. The number of hydrogen-bond acceptors (Lipinski definition) is 3. The molecule has 0 atom stereocenters. The summed E-state index contributed by atoms with van der Waals surface area (Å²) in [5.41, 5.74) is 3.24. The van der Waals surface area contributed by atoms with E-state index in [2.05, 4.69) is 15.6 Å². The fourth-order valence-electron chi connectivity index (χ4n) is 1.96.